The highest BCUT2D eigenvalue weighted by Crippen LogP contribution is 2.35. The number of likely N-dealkylation sites (N-methyl/N-ethyl adjacent to an activating group) is 1. The van der Waals surface area contributed by atoms with Gasteiger partial charge in [-0.3, -0.25) is 4.90 Å². The van der Waals surface area contributed by atoms with Crippen molar-refractivity contribution in [1.29, 1.82) is 0 Å². The van der Waals surface area contributed by atoms with Gasteiger partial charge in [0.05, 0.1) is 24.4 Å². The van der Waals surface area contributed by atoms with Gasteiger partial charge in [0.25, 0.3) is 0 Å². The number of aryl methyl sites for hydroxylation is 2. The van der Waals surface area contributed by atoms with Gasteiger partial charge in [0, 0.05) is 19.6 Å². The second kappa shape index (κ2) is 6.79. The predicted octanol–water partition coefficient (Wildman–Crippen LogP) is 2.25. The van der Waals surface area contributed by atoms with E-state index >= 15 is 0 Å². The van der Waals surface area contributed by atoms with Crippen LogP contribution >= 0.6 is 0 Å². The van der Waals surface area contributed by atoms with Crippen LogP contribution in [0.3, 0.4) is 0 Å². The van der Waals surface area contributed by atoms with Gasteiger partial charge in [-0.1, -0.05) is 6.92 Å². The van der Waals surface area contributed by atoms with Crippen LogP contribution in [0.25, 0.3) is 0 Å². The minimum Gasteiger partial charge on any atom is -0.481 e. The summed E-state index contributed by atoms with van der Waals surface area (Å²) in [5, 5.41) is 4.50. The lowest BCUT2D eigenvalue weighted by Gasteiger charge is -2.38. The molecule has 0 saturated heterocycles. The standard InChI is InChI=1S/C16H30N4O/c1-11-6-8-13(9-7-11)19(3)14(10-17)15-12(2)18-20(4)16(15)21-5/h11,13-14H,6-10,17H2,1-5H3. The summed E-state index contributed by atoms with van der Waals surface area (Å²) >= 11 is 0. The van der Waals surface area contributed by atoms with E-state index in [9.17, 15) is 0 Å². The molecule has 0 bridgehead atoms. The molecule has 1 aliphatic carbocycles. The summed E-state index contributed by atoms with van der Waals surface area (Å²) in [4.78, 5) is 2.44. The van der Waals surface area contributed by atoms with E-state index in [1.54, 1.807) is 7.11 Å². The Kier molecular flexibility index (Phi) is 5.27. The number of hydrogen-bond acceptors (Lipinski definition) is 4. The summed E-state index contributed by atoms with van der Waals surface area (Å²) < 4.78 is 7.36. The number of nitrogens with two attached hydrogens (primary N) is 1. The largest absolute Gasteiger partial charge is 0.481 e. The van der Waals surface area contributed by atoms with Crippen LogP contribution in [0.2, 0.25) is 0 Å². The Bertz CT molecular complexity index is 463. The van der Waals surface area contributed by atoms with Crippen molar-refractivity contribution >= 4 is 0 Å². The van der Waals surface area contributed by atoms with E-state index in [1.807, 2.05) is 18.7 Å². The highest BCUT2D eigenvalue weighted by molar-refractivity contribution is 5.34. The van der Waals surface area contributed by atoms with Gasteiger partial charge < -0.3 is 10.5 Å². The molecule has 1 aromatic heterocycles. The molecule has 0 aromatic carbocycles. The van der Waals surface area contributed by atoms with E-state index in [4.69, 9.17) is 10.5 Å². The van der Waals surface area contributed by atoms with Crippen LogP contribution in [-0.4, -0.2) is 41.4 Å². The highest BCUT2D eigenvalue weighted by Gasteiger charge is 2.31. The molecule has 1 saturated carbocycles. The first-order chi connectivity index (χ1) is 9.99. The quantitative estimate of drug-likeness (QED) is 0.905. The molecule has 0 spiro atoms. The zero-order chi connectivity index (χ0) is 15.6. The van der Waals surface area contributed by atoms with Crippen LogP contribution in [0.4, 0.5) is 0 Å². The van der Waals surface area contributed by atoms with E-state index < -0.39 is 0 Å². The summed E-state index contributed by atoms with van der Waals surface area (Å²) in [6, 6.07) is 0.783. The van der Waals surface area contributed by atoms with Crippen molar-refractivity contribution in [3.05, 3.63) is 11.3 Å². The molecule has 2 rings (SSSR count). The summed E-state index contributed by atoms with van der Waals surface area (Å²) in [7, 11) is 5.82. The number of nitrogens with zero attached hydrogens (tertiary/aromatic N) is 3. The molecule has 1 fully saturated rings. The van der Waals surface area contributed by atoms with E-state index in [0.717, 1.165) is 23.1 Å². The normalized spacial score (nSPS) is 24.3. The Hall–Kier alpha value is -1.07. The van der Waals surface area contributed by atoms with Gasteiger partial charge in [-0.2, -0.15) is 5.10 Å². The maximum Gasteiger partial charge on any atom is 0.216 e. The molecule has 5 nitrogen and oxygen atoms in total. The van der Waals surface area contributed by atoms with Crippen LogP contribution in [0, 0.1) is 12.8 Å². The second-order valence-corrected chi connectivity index (χ2v) is 6.46. The number of ether oxygens (including phenoxy) is 1. The van der Waals surface area contributed by atoms with E-state index in [2.05, 4.69) is 24.0 Å². The fraction of sp³-hybridized carbons (Fsp3) is 0.812. The van der Waals surface area contributed by atoms with Gasteiger partial charge >= 0.3 is 0 Å². The molecule has 1 unspecified atom stereocenters. The molecular formula is C16H30N4O. The Morgan fingerprint density at radius 1 is 1.38 bits per heavy atom. The van der Waals surface area contributed by atoms with Crippen molar-refractivity contribution < 1.29 is 4.74 Å². The SMILES string of the molecule is COc1c(C(CN)N(C)C2CCC(C)CC2)c(C)nn1C. The number of methoxy groups -OCH3 is 1. The third-order valence-electron chi connectivity index (χ3n) is 5.02. The van der Waals surface area contributed by atoms with Gasteiger partial charge in [0.1, 0.15) is 0 Å². The minimum atomic E-state index is 0.173. The lowest BCUT2D eigenvalue weighted by molar-refractivity contribution is 0.124. The molecule has 5 heteroatoms. The van der Waals surface area contributed by atoms with Gasteiger partial charge in [-0.05, 0) is 45.6 Å². The van der Waals surface area contributed by atoms with E-state index in [-0.39, 0.29) is 6.04 Å². The molecule has 2 N–H and O–H groups in total. The molecule has 1 atom stereocenters. The third-order valence-corrected chi connectivity index (χ3v) is 5.02. The topological polar surface area (TPSA) is 56.3 Å². The Labute approximate surface area is 128 Å². The molecule has 21 heavy (non-hydrogen) atoms. The molecule has 120 valence electrons. The van der Waals surface area contributed by atoms with Crippen LogP contribution in [-0.2, 0) is 7.05 Å². The van der Waals surface area contributed by atoms with Gasteiger partial charge in [0.2, 0.25) is 5.88 Å². The maximum absolute atomic E-state index is 6.11. The first-order valence-electron chi connectivity index (χ1n) is 7.99. The zero-order valence-electron chi connectivity index (χ0n) is 14.1. The minimum absolute atomic E-state index is 0.173. The van der Waals surface area contributed by atoms with Crippen molar-refractivity contribution in [2.45, 2.75) is 51.6 Å². The monoisotopic (exact) mass is 294 g/mol. The van der Waals surface area contributed by atoms with E-state index in [1.165, 1.54) is 25.7 Å². The zero-order valence-corrected chi connectivity index (χ0v) is 14.1. The summed E-state index contributed by atoms with van der Waals surface area (Å²) in [5.74, 6) is 1.69. The Morgan fingerprint density at radius 2 is 2.00 bits per heavy atom. The molecular weight excluding hydrogens is 264 g/mol. The lowest BCUT2D eigenvalue weighted by Crippen LogP contribution is -2.40. The van der Waals surface area contributed by atoms with Gasteiger partial charge in [-0.15, -0.1) is 0 Å². The summed E-state index contributed by atoms with van der Waals surface area (Å²) in [6.45, 7) is 4.98. The van der Waals surface area contributed by atoms with Crippen molar-refractivity contribution in [2.75, 3.05) is 20.7 Å². The highest BCUT2D eigenvalue weighted by atomic mass is 16.5. The first-order valence-corrected chi connectivity index (χ1v) is 7.99. The molecule has 1 aromatic rings. The number of rotatable bonds is 5. The third kappa shape index (κ3) is 3.24. The van der Waals surface area contributed by atoms with Crippen molar-refractivity contribution in [1.82, 2.24) is 14.7 Å². The number of hydrogen-bond donors (Lipinski definition) is 1. The van der Waals surface area contributed by atoms with Crippen LogP contribution < -0.4 is 10.5 Å². The smallest absolute Gasteiger partial charge is 0.216 e. The first kappa shape index (κ1) is 16.3. The summed E-state index contributed by atoms with van der Waals surface area (Å²) in [5.41, 5.74) is 8.26. The van der Waals surface area contributed by atoms with E-state index in [0.29, 0.717) is 12.6 Å². The fourth-order valence-electron chi connectivity index (χ4n) is 3.67. The van der Waals surface area contributed by atoms with Gasteiger partial charge in [-0.25, -0.2) is 4.68 Å². The van der Waals surface area contributed by atoms with Crippen molar-refractivity contribution in [3.8, 4) is 5.88 Å². The van der Waals surface area contributed by atoms with Crippen LogP contribution in [0.1, 0.15) is 49.9 Å². The summed E-state index contributed by atoms with van der Waals surface area (Å²) in [6.07, 6.45) is 5.15. The maximum atomic E-state index is 6.11. The van der Waals surface area contributed by atoms with Crippen LogP contribution in [0.5, 0.6) is 5.88 Å². The lowest BCUT2D eigenvalue weighted by atomic mass is 9.86. The van der Waals surface area contributed by atoms with Crippen LogP contribution in [0.15, 0.2) is 0 Å². The molecule has 1 heterocycles. The average molecular weight is 294 g/mol. The number of aromatic nitrogens is 2. The molecule has 1 aliphatic rings. The van der Waals surface area contributed by atoms with Crippen molar-refractivity contribution in [3.63, 3.8) is 0 Å². The van der Waals surface area contributed by atoms with Gasteiger partial charge in [0.15, 0.2) is 0 Å². The Balaban J connectivity index is 2.23. The molecule has 0 amide bonds. The van der Waals surface area contributed by atoms with Crippen molar-refractivity contribution in [2.24, 2.45) is 18.7 Å². The predicted molar refractivity (Wildman–Crippen MR) is 85.5 cm³/mol. The fourth-order valence-corrected chi connectivity index (χ4v) is 3.67. The molecule has 0 aliphatic heterocycles. The molecule has 0 radical (unpaired) electrons. The Morgan fingerprint density at radius 3 is 2.52 bits per heavy atom. The average Bonchev–Trinajstić information content (AvgIpc) is 2.74. The second-order valence-electron chi connectivity index (χ2n) is 6.46.